The molecule has 0 spiro atoms. The number of amides is 1. The first kappa shape index (κ1) is 13.9. The fourth-order valence-electron chi connectivity index (χ4n) is 3.22. The van der Waals surface area contributed by atoms with E-state index in [1.165, 1.54) is 0 Å². The quantitative estimate of drug-likeness (QED) is 0.856. The summed E-state index contributed by atoms with van der Waals surface area (Å²) in [4.78, 5) is 16.3. The number of anilines is 2. The number of rotatable bonds is 1. The Labute approximate surface area is 128 Å². The zero-order valence-corrected chi connectivity index (χ0v) is 13.3. The molecule has 0 unspecified atom stereocenters. The van der Waals surface area contributed by atoms with Crippen LogP contribution in [0.2, 0.25) is 0 Å². The summed E-state index contributed by atoms with van der Waals surface area (Å²) in [6, 6.07) is 6.95. The van der Waals surface area contributed by atoms with Gasteiger partial charge in [0.05, 0.1) is 17.9 Å². The summed E-state index contributed by atoms with van der Waals surface area (Å²) in [7, 11) is 1.85. The Hall–Kier alpha value is -1.07. The molecule has 5 heteroatoms. The number of benzene rings is 1. The van der Waals surface area contributed by atoms with Crippen molar-refractivity contribution in [1.82, 2.24) is 0 Å². The molecule has 1 saturated carbocycles. The monoisotopic (exact) mass is 337 g/mol. The number of fused-ring (bicyclic) bond motifs is 1. The van der Waals surface area contributed by atoms with Crippen molar-refractivity contribution < 1.29 is 4.79 Å². The smallest absolute Gasteiger partial charge is 0.246 e. The highest BCUT2D eigenvalue weighted by molar-refractivity contribution is 9.10. The molecule has 0 aromatic heterocycles. The third-order valence-electron chi connectivity index (χ3n) is 4.47. The van der Waals surface area contributed by atoms with Crippen LogP contribution in [0.1, 0.15) is 25.7 Å². The Morgan fingerprint density at radius 3 is 2.60 bits per heavy atom. The summed E-state index contributed by atoms with van der Waals surface area (Å²) >= 11 is 3.49. The molecule has 0 radical (unpaired) electrons. The number of carbonyl (C=O) groups excluding carboxylic acids is 1. The van der Waals surface area contributed by atoms with E-state index in [9.17, 15) is 4.79 Å². The van der Waals surface area contributed by atoms with Crippen LogP contribution in [0, 0.1) is 0 Å². The molecule has 0 atom stereocenters. The van der Waals surface area contributed by atoms with Gasteiger partial charge in [-0.1, -0.05) is 15.9 Å². The molecule has 2 N–H and O–H groups in total. The van der Waals surface area contributed by atoms with E-state index in [-0.39, 0.29) is 5.91 Å². The fourth-order valence-corrected chi connectivity index (χ4v) is 3.57. The molecule has 1 amide bonds. The van der Waals surface area contributed by atoms with Gasteiger partial charge >= 0.3 is 0 Å². The lowest BCUT2D eigenvalue weighted by molar-refractivity contribution is -0.117. The number of hydrogen-bond acceptors (Lipinski definition) is 3. The van der Waals surface area contributed by atoms with E-state index in [0.29, 0.717) is 18.6 Å². The minimum absolute atomic E-state index is 0.158. The molecule has 0 bridgehead atoms. The third kappa shape index (κ3) is 2.44. The molecule has 2 aliphatic rings. The third-order valence-corrected chi connectivity index (χ3v) is 4.96. The topological polar surface area (TPSA) is 49.6 Å². The van der Waals surface area contributed by atoms with E-state index >= 15 is 0 Å². The van der Waals surface area contributed by atoms with Crippen LogP contribution in [0.4, 0.5) is 11.4 Å². The summed E-state index contributed by atoms with van der Waals surface area (Å²) in [6.07, 6.45) is 4.26. The maximum atomic E-state index is 12.2. The minimum Gasteiger partial charge on any atom is -0.358 e. The average molecular weight is 338 g/mol. The van der Waals surface area contributed by atoms with Crippen LogP contribution < -0.4 is 15.5 Å². The Kier molecular flexibility index (Phi) is 3.73. The van der Waals surface area contributed by atoms with Crippen molar-refractivity contribution >= 4 is 33.2 Å². The summed E-state index contributed by atoms with van der Waals surface area (Å²) < 4.78 is 1.00. The van der Waals surface area contributed by atoms with E-state index in [1.807, 2.05) is 19.2 Å². The molecule has 1 aliphatic heterocycles. The van der Waals surface area contributed by atoms with Crippen LogP contribution in [0.5, 0.6) is 0 Å². The Balaban J connectivity index is 1.93. The Morgan fingerprint density at radius 2 is 1.90 bits per heavy atom. The second-order valence-corrected chi connectivity index (χ2v) is 6.70. The van der Waals surface area contributed by atoms with Crippen molar-refractivity contribution in [3.63, 3.8) is 0 Å². The summed E-state index contributed by atoms with van der Waals surface area (Å²) in [5, 5.41) is 0. The normalized spacial score (nSPS) is 26.6. The van der Waals surface area contributed by atoms with Crippen molar-refractivity contribution in [3.05, 3.63) is 22.7 Å². The number of nitrogens with two attached hydrogens (primary N) is 1. The van der Waals surface area contributed by atoms with Gasteiger partial charge in [0.2, 0.25) is 5.91 Å². The molecule has 1 heterocycles. The Morgan fingerprint density at radius 1 is 1.20 bits per heavy atom. The van der Waals surface area contributed by atoms with E-state index < -0.39 is 0 Å². The zero-order chi connectivity index (χ0) is 14.3. The maximum Gasteiger partial charge on any atom is 0.246 e. The van der Waals surface area contributed by atoms with Gasteiger partial charge in [0.1, 0.15) is 0 Å². The number of halogens is 1. The van der Waals surface area contributed by atoms with Crippen molar-refractivity contribution in [3.8, 4) is 0 Å². The van der Waals surface area contributed by atoms with Gasteiger partial charge in [0, 0.05) is 23.6 Å². The number of nitrogens with zero attached hydrogens (tertiary/aromatic N) is 2. The molecule has 4 nitrogen and oxygen atoms in total. The second kappa shape index (κ2) is 5.37. The van der Waals surface area contributed by atoms with E-state index in [0.717, 1.165) is 41.5 Å². The van der Waals surface area contributed by atoms with Crippen LogP contribution in [0.3, 0.4) is 0 Å². The first-order chi connectivity index (χ1) is 9.56. The average Bonchev–Trinajstić information content (AvgIpc) is 2.44. The van der Waals surface area contributed by atoms with Gasteiger partial charge in [-0.2, -0.15) is 0 Å². The van der Waals surface area contributed by atoms with E-state index in [1.54, 1.807) is 4.90 Å². The maximum absolute atomic E-state index is 12.2. The van der Waals surface area contributed by atoms with Crippen molar-refractivity contribution in [2.75, 3.05) is 23.4 Å². The van der Waals surface area contributed by atoms with Crippen LogP contribution in [0.25, 0.3) is 0 Å². The highest BCUT2D eigenvalue weighted by atomic mass is 79.9. The molecule has 1 aromatic rings. The molecule has 1 aromatic carbocycles. The summed E-state index contributed by atoms with van der Waals surface area (Å²) in [6.45, 7) is 0.477. The van der Waals surface area contributed by atoms with Crippen molar-refractivity contribution in [1.29, 1.82) is 0 Å². The number of hydrogen-bond donors (Lipinski definition) is 1. The van der Waals surface area contributed by atoms with E-state index in [4.69, 9.17) is 5.73 Å². The van der Waals surface area contributed by atoms with E-state index in [2.05, 4.69) is 26.9 Å². The molecule has 1 aliphatic carbocycles. The van der Waals surface area contributed by atoms with Crippen molar-refractivity contribution in [2.24, 2.45) is 5.73 Å². The first-order valence-corrected chi connectivity index (χ1v) is 7.94. The second-order valence-electron chi connectivity index (χ2n) is 5.78. The molecule has 108 valence electrons. The van der Waals surface area contributed by atoms with Gasteiger partial charge in [0.15, 0.2) is 0 Å². The van der Waals surface area contributed by atoms with Gasteiger partial charge in [-0.15, -0.1) is 0 Å². The minimum atomic E-state index is 0.158. The molecule has 1 fully saturated rings. The predicted molar refractivity (Wildman–Crippen MR) is 85.1 cm³/mol. The highest BCUT2D eigenvalue weighted by Crippen LogP contribution is 2.38. The van der Waals surface area contributed by atoms with Crippen molar-refractivity contribution in [2.45, 2.75) is 37.8 Å². The molecular weight excluding hydrogens is 318 g/mol. The van der Waals surface area contributed by atoms with Gasteiger partial charge in [-0.3, -0.25) is 4.79 Å². The van der Waals surface area contributed by atoms with Gasteiger partial charge in [0.25, 0.3) is 0 Å². The predicted octanol–water partition coefficient (Wildman–Crippen LogP) is 2.50. The van der Waals surface area contributed by atoms with Crippen LogP contribution >= 0.6 is 15.9 Å². The zero-order valence-electron chi connectivity index (χ0n) is 11.7. The van der Waals surface area contributed by atoms with Gasteiger partial charge in [-0.05, 0) is 43.9 Å². The largest absolute Gasteiger partial charge is 0.358 e. The lowest BCUT2D eigenvalue weighted by atomic mass is 9.90. The lowest BCUT2D eigenvalue weighted by Gasteiger charge is -2.42. The van der Waals surface area contributed by atoms with Crippen LogP contribution in [0.15, 0.2) is 22.7 Å². The highest BCUT2D eigenvalue weighted by Gasteiger charge is 2.32. The van der Waals surface area contributed by atoms with Gasteiger partial charge in [-0.25, -0.2) is 0 Å². The summed E-state index contributed by atoms with van der Waals surface area (Å²) in [5.74, 6) is 0.158. The van der Waals surface area contributed by atoms with Crippen LogP contribution in [-0.4, -0.2) is 31.6 Å². The first-order valence-electron chi connectivity index (χ1n) is 7.14. The lowest BCUT2D eigenvalue weighted by Crippen LogP contribution is -2.50. The fraction of sp³-hybridized carbons (Fsp3) is 0.533. The standard InChI is InChI=1S/C15H20BrN3O/c1-18-14-8-10(16)2-7-13(14)19(9-15(18)20)12-5-3-11(17)4-6-12/h2,7-8,11-12H,3-6,9,17H2,1H3. The number of carbonyl (C=O) groups is 1. The number of likely N-dealkylation sites (N-methyl/N-ethyl adjacent to an activating group) is 1. The summed E-state index contributed by atoms with van der Waals surface area (Å²) in [5.41, 5.74) is 8.14. The van der Waals surface area contributed by atoms with Crippen LogP contribution in [-0.2, 0) is 4.79 Å². The van der Waals surface area contributed by atoms with Gasteiger partial charge < -0.3 is 15.5 Å². The molecule has 20 heavy (non-hydrogen) atoms. The SMILES string of the molecule is CN1C(=O)CN(C2CCC(N)CC2)c2ccc(Br)cc21. The Bertz CT molecular complexity index is 526. The molecular formula is C15H20BrN3O. The molecule has 0 saturated heterocycles. The molecule has 3 rings (SSSR count).